The Labute approximate surface area is 377 Å². The van der Waals surface area contributed by atoms with Gasteiger partial charge in [0.15, 0.2) is 0 Å². The maximum atomic E-state index is 6.39. The summed E-state index contributed by atoms with van der Waals surface area (Å²) in [7, 11) is 0. The minimum absolute atomic E-state index is 0. The number of aryl methyl sites for hydroxylation is 1. The van der Waals surface area contributed by atoms with Crippen LogP contribution in [-0.4, -0.2) is 32.8 Å². The Kier molecular flexibility index (Phi) is 12.5. The zero-order valence-electron chi connectivity index (χ0n) is 36.9. The molecule has 0 bridgehead atoms. The summed E-state index contributed by atoms with van der Waals surface area (Å²) in [6.07, 6.45) is 4.31. The van der Waals surface area contributed by atoms with E-state index in [1.54, 1.807) is 0 Å². The van der Waals surface area contributed by atoms with Crippen molar-refractivity contribution in [3.63, 3.8) is 0 Å². The van der Waals surface area contributed by atoms with Crippen LogP contribution in [0.15, 0.2) is 132 Å². The molecule has 0 saturated heterocycles. The van der Waals surface area contributed by atoms with Crippen LogP contribution in [-0.2, 0) is 31.9 Å². The van der Waals surface area contributed by atoms with Crippen molar-refractivity contribution < 1.29 is 24.5 Å². The predicted molar refractivity (Wildman–Crippen MR) is 253 cm³/mol. The third-order valence-electron chi connectivity index (χ3n) is 10.8. The second kappa shape index (κ2) is 17.3. The molecule has 4 heterocycles. The van der Waals surface area contributed by atoms with Crippen molar-refractivity contribution in [2.75, 3.05) is 0 Å². The third kappa shape index (κ3) is 9.38. The summed E-state index contributed by atoms with van der Waals surface area (Å²) in [6, 6.07) is 50.8. The summed E-state index contributed by atoms with van der Waals surface area (Å²) < 4.78 is 9.98. The Morgan fingerprint density at radius 1 is 0.705 bits per heavy atom. The number of hydrogen-bond donors (Lipinski definition) is 0. The van der Waals surface area contributed by atoms with Crippen LogP contribution in [0.1, 0.15) is 58.4 Å². The van der Waals surface area contributed by atoms with E-state index in [0.29, 0.717) is 5.71 Å². The molecule has 5 nitrogen and oxygen atoms in total. The number of nitrogens with zero attached hydrogens (tertiary/aromatic N) is 4. The maximum Gasteiger partial charge on any atom is 3.00 e. The first-order valence-corrected chi connectivity index (χ1v) is 28.2. The summed E-state index contributed by atoms with van der Waals surface area (Å²) in [6.45, 7) is 15.6. The summed E-state index contributed by atoms with van der Waals surface area (Å²) >= 11 is -1.98. The molecule has 0 spiro atoms. The van der Waals surface area contributed by atoms with E-state index in [4.69, 9.17) is 14.4 Å². The van der Waals surface area contributed by atoms with Crippen LogP contribution < -0.4 is 4.53 Å². The topological polar surface area (TPSA) is 56.7 Å². The van der Waals surface area contributed by atoms with Crippen LogP contribution in [0.4, 0.5) is 0 Å². The number of benzene rings is 5. The van der Waals surface area contributed by atoms with Crippen molar-refractivity contribution in [2.24, 2.45) is 5.41 Å². The standard InChI is InChI=1S/C35H28N3O.C19H25GeN.Ir/c1-22-17-19-26-25-13-10-14-27(32(25)39-34(26)36-22)33-37-29-15-8-9-16-31(29)38(33)30-20-18-24(35(2,3)4)21-28(30)23-11-6-5-7-12-23;1-19(2,3)13-16-12-17(15-10-8-7-9-11-15)14-21-18(16)20(4,5)6;/h5-13,15-21H,1-4H3;7-10,12H,13H2,1-6H3;/q-1;-2;+3. The average Bonchev–Trinajstić information content (AvgIpc) is 3.78. The van der Waals surface area contributed by atoms with Gasteiger partial charge in [0.25, 0.3) is 0 Å². The van der Waals surface area contributed by atoms with Gasteiger partial charge in [-0.2, -0.15) is 0 Å². The summed E-state index contributed by atoms with van der Waals surface area (Å²) in [5.41, 5.74) is 13.5. The van der Waals surface area contributed by atoms with Gasteiger partial charge in [-0.15, -0.1) is 18.2 Å². The van der Waals surface area contributed by atoms with Crippen molar-refractivity contribution >= 4 is 50.9 Å². The van der Waals surface area contributed by atoms with E-state index in [1.165, 1.54) is 15.7 Å². The number of aromatic nitrogens is 4. The fraction of sp³-hybridized carbons (Fsp3) is 0.241. The van der Waals surface area contributed by atoms with Gasteiger partial charge in [-0.05, 0) is 59.9 Å². The van der Waals surface area contributed by atoms with Crippen LogP contribution >= 0.6 is 0 Å². The molecule has 4 aromatic heterocycles. The van der Waals surface area contributed by atoms with E-state index in [0.717, 1.165) is 78.8 Å². The quantitative estimate of drug-likeness (QED) is 0.123. The van der Waals surface area contributed by atoms with E-state index in [9.17, 15) is 0 Å². The summed E-state index contributed by atoms with van der Waals surface area (Å²) in [5, 5.41) is 2.00. The van der Waals surface area contributed by atoms with E-state index < -0.39 is 13.3 Å². The molecule has 0 N–H and O–H groups in total. The Bertz CT molecular complexity index is 2970. The molecule has 0 radical (unpaired) electrons. The van der Waals surface area contributed by atoms with Crippen molar-refractivity contribution in [3.8, 4) is 39.3 Å². The van der Waals surface area contributed by atoms with Gasteiger partial charge in [0, 0.05) is 22.3 Å². The maximum absolute atomic E-state index is 6.39. The number of para-hydroxylation sites is 2. The normalized spacial score (nSPS) is 12.0. The molecule has 0 unspecified atom stereocenters. The van der Waals surface area contributed by atoms with Gasteiger partial charge in [0.05, 0.1) is 22.4 Å². The van der Waals surface area contributed by atoms with Gasteiger partial charge in [-0.3, -0.25) is 4.98 Å². The first-order chi connectivity index (χ1) is 28.5. The van der Waals surface area contributed by atoms with Gasteiger partial charge in [0.1, 0.15) is 0 Å². The number of furan rings is 1. The summed E-state index contributed by atoms with van der Waals surface area (Å²) in [5.74, 6) is 7.99. The third-order valence-corrected chi connectivity index (χ3v) is 14.6. The van der Waals surface area contributed by atoms with E-state index in [1.807, 2.05) is 49.4 Å². The van der Waals surface area contributed by atoms with Gasteiger partial charge >= 0.3 is 152 Å². The van der Waals surface area contributed by atoms with Crippen molar-refractivity contribution in [2.45, 2.75) is 77.6 Å². The molecule has 9 aromatic rings. The fourth-order valence-corrected chi connectivity index (χ4v) is 11.1. The number of hydrogen-bond acceptors (Lipinski definition) is 4. The van der Waals surface area contributed by atoms with Crippen LogP contribution in [0.3, 0.4) is 0 Å². The molecule has 0 saturated carbocycles. The van der Waals surface area contributed by atoms with Crippen molar-refractivity contribution in [3.05, 3.63) is 163 Å². The fourth-order valence-electron chi connectivity index (χ4n) is 7.88. The van der Waals surface area contributed by atoms with Crippen molar-refractivity contribution in [1.29, 1.82) is 0 Å². The Morgan fingerprint density at radius 3 is 2.15 bits per heavy atom. The molecule has 0 amide bonds. The van der Waals surface area contributed by atoms with Crippen molar-refractivity contribution in [1.82, 2.24) is 19.5 Å². The minimum Gasteiger partial charge on any atom is -0.486 e. The van der Waals surface area contributed by atoms with Gasteiger partial charge < -0.3 is 8.98 Å². The SMILES string of the molecule is CC(C)(C)Cc1cc(-c2[c-]cccc2)[c-]n[c]1[Ge]([CH3])([CH3])[CH3].Cc1ccc2c(n1)oc1c(-c3nc4ccccc4n3-c3ccc(C(C)(C)C)cc3-c3ccccc3)[c-]ccc12.[Ir+3]. The van der Waals surface area contributed by atoms with Crippen LogP contribution in [0.2, 0.25) is 17.3 Å². The second-order valence-corrected chi connectivity index (χ2v) is 29.5. The molecular formula is C54H53GeIrN4O. The van der Waals surface area contributed by atoms with Crippen LogP contribution in [0.5, 0.6) is 0 Å². The Hall–Kier alpha value is -5.14. The van der Waals surface area contributed by atoms with Gasteiger partial charge in [0.2, 0.25) is 5.71 Å². The first-order valence-electron chi connectivity index (χ1n) is 20.8. The van der Waals surface area contributed by atoms with Gasteiger partial charge in [-0.25, -0.2) is 4.98 Å². The number of imidazole rings is 1. The number of pyridine rings is 2. The molecule has 61 heavy (non-hydrogen) atoms. The molecule has 0 aliphatic heterocycles. The predicted octanol–water partition coefficient (Wildman–Crippen LogP) is 13.5. The van der Waals surface area contributed by atoms with Gasteiger partial charge in [-0.1, -0.05) is 80.3 Å². The molecule has 0 fully saturated rings. The molecule has 308 valence electrons. The smallest absolute Gasteiger partial charge is 0.486 e. The molecular weight excluding hydrogens is 985 g/mol. The molecule has 7 heteroatoms. The monoisotopic (exact) mass is 1040 g/mol. The Morgan fingerprint density at radius 2 is 1.44 bits per heavy atom. The molecule has 0 atom stereocenters. The zero-order valence-corrected chi connectivity index (χ0v) is 41.4. The average molecular weight is 1040 g/mol. The molecule has 0 aliphatic rings. The Balaban J connectivity index is 0.000000217. The van der Waals surface area contributed by atoms with Crippen LogP contribution in [0, 0.1) is 30.7 Å². The zero-order chi connectivity index (χ0) is 42.4. The number of fused-ring (bicyclic) bond motifs is 4. The number of rotatable bonds is 6. The second-order valence-electron chi connectivity index (χ2n) is 19.0. The van der Waals surface area contributed by atoms with E-state index in [2.05, 4.69) is 172 Å². The minimum atomic E-state index is -1.98. The largest absolute Gasteiger partial charge is 3.00 e. The van der Waals surface area contributed by atoms with E-state index >= 15 is 0 Å². The first kappa shape index (κ1) is 43.9. The molecule has 0 aliphatic carbocycles. The molecule has 9 rings (SSSR count). The summed E-state index contributed by atoms with van der Waals surface area (Å²) in [4.78, 5) is 14.6. The van der Waals surface area contributed by atoms with Crippen LogP contribution in [0.25, 0.3) is 72.4 Å². The molecule has 5 aromatic carbocycles. The van der Waals surface area contributed by atoms with E-state index in [-0.39, 0.29) is 30.9 Å².